The lowest BCUT2D eigenvalue weighted by Gasteiger charge is -2.26. The lowest BCUT2D eigenvalue weighted by molar-refractivity contribution is 0.0695. The van der Waals surface area contributed by atoms with Gasteiger partial charge in [0.1, 0.15) is 5.82 Å². The Labute approximate surface area is 107 Å². The second kappa shape index (κ2) is 6.68. The number of nitrogens with two attached hydrogens (primary N) is 1. The third-order valence-corrected chi connectivity index (χ3v) is 2.74. The summed E-state index contributed by atoms with van der Waals surface area (Å²) < 4.78 is 18.6. The molecule has 2 atom stereocenters. The van der Waals surface area contributed by atoms with E-state index in [4.69, 9.17) is 10.5 Å². The number of aliphatic hydroxyl groups is 1. The van der Waals surface area contributed by atoms with Crippen LogP contribution in [0.15, 0.2) is 18.2 Å². The molecule has 0 fully saturated rings. The van der Waals surface area contributed by atoms with Crippen molar-refractivity contribution in [2.45, 2.75) is 19.1 Å². The first-order chi connectivity index (χ1) is 8.47. The van der Waals surface area contributed by atoms with Crippen molar-refractivity contribution in [1.82, 2.24) is 0 Å². The summed E-state index contributed by atoms with van der Waals surface area (Å²) in [4.78, 5) is 1.78. The van der Waals surface area contributed by atoms with Gasteiger partial charge in [-0.15, -0.1) is 0 Å². The molecule has 4 nitrogen and oxygen atoms in total. The highest BCUT2D eigenvalue weighted by Gasteiger charge is 2.17. The van der Waals surface area contributed by atoms with E-state index in [9.17, 15) is 9.50 Å². The van der Waals surface area contributed by atoms with Crippen molar-refractivity contribution >= 4 is 5.69 Å². The summed E-state index contributed by atoms with van der Waals surface area (Å²) in [6, 6.07) is 4.42. The molecule has 1 aromatic carbocycles. The van der Waals surface area contributed by atoms with Gasteiger partial charge in [-0.3, -0.25) is 0 Å². The second-order valence-electron chi connectivity index (χ2n) is 4.45. The fourth-order valence-corrected chi connectivity index (χ4v) is 1.97. The summed E-state index contributed by atoms with van der Waals surface area (Å²) in [5, 5.41) is 9.69. The molecule has 1 rings (SSSR count). The Morgan fingerprint density at radius 1 is 1.50 bits per heavy atom. The minimum Gasteiger partial charge on any atom is -0.389 e. The molecule has 0 aliphatic rings. The van der Waals surface area contributed by atoms with Crippen molar-refractivity contribution in [3.63, 3.8) is 0 Å². The number of aliphatic hydroxyl groups excluding tert-OH is 1. The van der Waals surface area contributed by atoms with Crippen molar-refractivity contribution in [3.05, 3.63) is 29.6 Å². The molecule has 1 aromatic rings. The van der Waals surface area contributed by atoms with Crippen LogP contribution in [0.1, 0.15) is 18.5 Å². The molecule has 18 heavy (non-hydrogen) atoms. The van der Waals surface area contributed by atoms with Gasteiger partial charge in [-0.2, -0.15) is 0 Å². The van der Waals surface area contributed by atoms with Crippen LogP contribution in [-0.4, -0.2) is 38.5 Å². The Morgan fingerprint density at radius 2 is 2.17 bits per heavy atom. The number of rotatable bonds is 6. The van der Waals surface area contributed by atoms with E-state index in [0.717, 1.165) is 0 Å². The summed E-state index contributed by atoms with van der Waals surface area (Å²) in [5.74, 6) is -0.324. The number of methoxy groups -OCH3 is 1. The highest BCUT2D eigenvalue weighted by atomic mass is 19.1. The quantitative estimate of drug-likeness (QED) is 0.805. The lowest BCUT2D eigenvalue weighted by atomic mass is 10.0. The van der Waals surface area contributed by atoms with Gasteiger partial charge in [-0.05, 0) is 19.1 Å². The monoisotopic (exact) mass is 256 g/mol. The van der Waals surface area contributed by atoms with Crippen LogP contribution >= 0.6 is 0 Å². The maximum atomic E-state index is 13.8. The van der Waals surface area contributed by atoms with E-state index >= 15 is 0 Å². The maximum absolute atomic E-state index is 13.8. The maximum Gasteiger partial charge on any atom is 0.130 e. The van der Waals surface area contributed by atoms with Gasteiger partial charge in [0, 0.05) is 38.0 Å². The summed E-state index contributed by atoms with van der Waals surface area (Å²) in [5.41, 5.74) is 6.95. The molecular weight excluding hydrogens is 235 g/mol. The largest absolute Gasteiger partial charge is 0.389 e. The van der Waals surface area contributed by atoms with Crippen LogP contribution in [-0.2, 0) is 4.74 Å². The lowest BCUT2D eigenvalue weighted by Crippen LogP contribution is -2.33. The van der Waals surface area contributed by atoms with Gasteiger partial charge >= 0.3 is 0 Å². The van der Waals surface area contributed by atoms with Crippen LogP contribution < -0.4 is 10.6 Å². The SMILES string of the molecule is COCC(O)CN(C)c1cccc(F)c1C(C)N. The molecule has 0 saturated heterocycles. The summed E-state index contributed by atoms with van der Waals surface area (Å²) >= 11 is 0. The van der Waals surface area contributed by atoms with Crippen LogP contribution in [0.4, 0.5) is 10.1 Å². The zero-order chi connectivity index (χ0) is 13.7. The smallest absolute Gasteiger partial charge is 0.130 e. The van der Waals surface area contributed by atoms with Crippen molar-refractivity contribution in [3.8, 4) is 0 Å². The number of halogens is 1. The average molecular weight is 256 g/mol. The number of hydrogen-bond donors (Lipinski definition) is 2. The molecule has 0 aliphatic carbocycles. The zero-order valence-corrected chi connectivity index (χ0v) is 11.1. The van der Waals surface area contributed by atoms with E-state index in [-0.39, 0.29) is 12.4 Å². The van der Waals surface area contributed by atoms with Gasteiger partial charge < -0.3 is 20.5 Å². The van der Waals surface area contributed by atoms with Crippen LogP contribution in [0.25, 0.3) is 0 Å². The minimum atomic E-state index is -0.621. The van der Waals surface area contributed by atoms with Gasteiger partial charge in [0.15, 0.2) is 0 Å². The van der Waals surface area contributed by atoms with Gasteiger partial charge in [-0.25, -0.2) is 4.39 Å². The first-order valence-corrected chi connectivity index (χ1v) is 5.89. The normalized spacial score (nSPS) is 14.3. The molecule has 0 aliphatic heterocycles. The summed E-state index contributed by atoms with van der Waals surface area (Å²) in [6.07, 6.45) is -0.621. The van der Waals surface area contributed by atoms with Gasteiger partial charge in [-0.1, -0.05) is 6.07 Å². The number of likely N-dealkylation sites (N-methyl/N-ethyl adjacent to an activating group) is 1. The van der Waals surface area contributed by atoms with E-state index in [1.807, 2.05) is 0 Å². The molecule has 0 heterocycles. The Morgan fingerprint density at radius 3 is 2.72 bits per heavy atom. The molecular formula is C13H21FN2O2. The first-order valence-electron chi connectivity index (χ1n) is 5.89. The van der Waals surface area contributed by atoms with Crippen LogP contribution in [0.3, 0.4) is 0 Å². The average Bonchev–Trinajstić information content (AvgIpc) is 2.28. The molecule has 102 valence electrons. The van der Waals surface area contributed by atoms with E-state index < -0.39 is 12.1 Å². The van der Waals surface area contributed by atoms with E-state index in [2.05, 4.69) is 0 Å². The molecule has 5 heteroatoms. The molecule has 0 spiro atoms. The number of hydrogen-bond acceptors (Lipinski definition) is 4. The van der Waals surface area contributed by atoms with Crippen molar-refractivity contribution in [1.29, 1.82) is 0 Å². The minimum absolute atomic E-state index is 0.243. The predicted octanol–water partition coefficient (Wildman–Crippen LogP) is 1.29. The fraction of sp³-hybridized carbons (Fsp3) is 0.538. The molecule has 2 unspecified atom stereocenters. The first kappa shape index (κ1) is 14.9. The van der Waals surface area contributed by atoms with Gasteiger partial charge in [0.2, 0.25) is 0 Å². The van der Waals surface area contributed by atoms with Crippen molar-refractivity contribution in [2.75, 3.05) is 32.2 Å². The van der Waals surface area contributed by atoms with E-state index in [0.29, 0.717) is 17.8 Å². The highest BCUT2D eigenvalue weighted by molar-refractivity contribution is 5.55. The molecule has 0 radical (unpaired) electrons. The molecule has 0 bridgehead atoms. The van der Waals surface area contributed by atoms with Crippen LogP contribution in [0, 0.1) is 5.82 Å². The van der Waals surface area contributed by atoms with E-state index in [1.54, 1.807) is 31.0 Å². The van der Waals surface area contributed by atoms with Crippen LogP contribution in [0.5, 0.6) is 0 Å². The van der Waals surface area contributed by atoms with E-state index in [1.165, 1.54) is 13.2 Å². The Kier molecular flexibility index (Phi) is 5.53. The third kappa shape index (κ3) is 3.66. The van der Waals surface area contributed by atoms with Crippen molar-refractivity contribution < 1.29 is 14.2 Å². The zero-order valence-electron chi connectivity index (χ0n) is 11.1. The standard InChI is InChI=1S/C13H21FN2O2/c1-9(15)13-11(14)5-4-6-12(13)16(2)7-10(17)8-18-3/h4-6,9-10,17H,7-8,15H2,1-3H3. The predicted molar refractivity (Wildman–Crippen MR) is 70.2 cm³/mol. The number of ether oxygens (including phenoxy) is 1. The molecule has 0 saturated carbocycles. The Hall–Kier alpha value is -1.17. The molecule has 0 amide bonds. The fourth-order valence-electron chi connectivity index (χ4n) is 1.97. The molecule has 3 N–H and O–H groups in total. The second-order valence-corrected chi connectivity index (χ2v) is 4.45. The van der Waals surface area contributed by atoms with Gasteiger partial charge in [0.05, 0.1) is 12.7 Å². The van der Waals surface area contributed by atoms with Gasteiger partial charge in [0.25, 0.3) is 0 Å². The topological polar surface area (TPSA) is 58.7 Å². The number of anilines is 1. The number of benzene rings is 1. The van der Waals surface area contributed by atoms with Crippen LogP contribution in [0.2, 0.25) is 0 Å². The van der Waals surface area contributed by atoms with Crippen molar-refractivity contribution in [2.24, 2.45) is 5.73 Å². The number of nitrogens with zero attached hydrogens (tertiary/aromatic N) is 1. The Balaban J connectivity index is 2.91. The summed E-state index contributed by atoms with van der Waals surface area (Å²) in [6.45, 7) is 2.34. The Bertz CT molecular complexity index is 385. The third-order valence-electron chi connectivity index (χ3n) is 2.74. The summed E-state index contributed by atoms with van der Waals surface area (Å²) in [7, 11) is 3.32. The highest BCUT2D eigenvalue weighted by Crippen LogP contribution is 2.27. The molecule has 0 aromatic heterocycles.